The largest absolute Gasteiger partial charge is 0.494 e. The quantitative estimate of drug-likeness (QED) is 0.624. The lowest BCUT2D eigenvalue weighted by Crippen LogP contribution is -2.41. The molecule has 5 nitrogen and oxygen atoms in total. The van der Waals surface area contributed by atoms with Crippen LogP contribution in [-0.2, 0) is 15.9 Å². The molecule has 0 atom stereocenters. The Morgan fingerprint density at radius 1 is 1.00 bits per heavy atom. The summed E-state index contributed by atoms with van der Waals surface area (Å²) in [6, 6.07) is 14.0. The summed E-state index contributed by atoms with van der Waals surface area (Å²) in [6.45, 7) is 9.04. The predicted molar refractivity (Wildman–Crippen MR) is 114 cm³/mol. The van der Waals surface area contributed by atoms with Gasteiger partial charge in [-0.3, -0.25) is 4.79 Å². The molecule has 2 aliphatic rings. The molecule has 6 heteroatoms. The summed E-state index contributed by atoms with van der Waals surface area (Å²) in [5, 5.41) is 0. The molecule has 0 bridgehead atoms. The van der Waals surface area contributed by atoms with E-state index in [0.29, 0.717) is 6.42 Å². The van der Waals surface area contributed by atoms with Gasteiger partial charge in [-0.2, -0.15) is 0 Å². The standard InChI is InChI=1S/C23H25BN2O3/c1-22(2)23(3,4)29-24(28-22)16-12-10-15(11-13-16)21-25-18-8-5-7-17-19(27)9-6-14-26(21)20(17)18/h5,7-8,10-13H,6,9,14H2,1-4H3. The zero-order valence-corrected chi connectivity index (χ0v) is 17.4. The lowest BCUT2D eigenvalue weighted by Gasteiger charge is -2.32. The van der Waals surface area contributed by atoms with Crippen LogP contribution in [0.4, 0.5) is 0 Å². The van der Waals surface area contributed by atoms with Gasteiger partial charge in [0, 0.05) is 24.1 Å². The molecule has 0 radical (unpaired) electrons. The van der Waals surface area contributed by atoms with Crippen LogP contribution in [0.15, 0.2) is 42.5 Å². The summed E-state index contributed by atoms with van der Waals surface area (Å²) in [6.07, 6.45) is 1.42. The van der Waals surface area contributed by atoms with E-state index in [2.05, 4.69) is 44.4 Å². The molecule has 5 rings (SSSR count). The number of aryl methyl sites for hydroxylation is 1. The van der Waals surface area contributed by atoms with Gasteiger partial charge in [0.2, 0.25) is 0 Å². The maximum atomic E-state index is 12.5. The molecule has 29 heavy (non-hydrogen) atoms. The average molecular weight is 388 g/mol. The van der Waals surface area contributed by atoms with Crippen LogP contribution >= 0.6 is 0 Å². The molecular weight excluding hydrogens is 363 g/mol. The van der Waals surface area contributed by atoms with Gasteiger partial charge in [0.05, 0.1) is 22.2 Å². The Bertz CT molecular complexity index is 1100. The second kappa shape index (κ2) is 6.28. The molecule has 0 spiro atoms. The molecule has 0 saturated carbocycles. The van der Waals surface area contributed by atoms with Gasteiger partial charge in [0.25, 0.3) is 0 Å². The fourth-order valence-corrected chi connectivity index (χ4v) is 4.15. The first kappa shape index (κ1) is 18.6. The molecule has 1 aromatic heterocycles. The lowest BCUT2D eigenvalue weighted by molar-refractivity contribution is 0.00578. The van der Waals surface area contributed by atoms with Crippen LogP contribution in [-0.4, -0.2) is 33.7 Å². The first-order chi connectivity index (χ1) is 13.8. The minimum atomic E-state index is -0.376. The molecule has 3 heterocycles. The molecular formula is C23H25BN2O3. The number of hydrogen-bond donors (Lipinski definition) is 0. The predicted octanol–water partition coefficient (Wildman–Crippen LogP) is 3.98. The van der Waals surface area contributed by atoms with Crippen molar-refractivity contribution in [2.45, 2.75) is 58.3 Å². The summed E-state index contributed by atoms with van der Waals surface area (Å²) in [7, 11) is -0.376. The summed E-state index contributed by atoms with van der Waals surface area (Å²) < 4.78 is 14.5. The zero-order valence-electron chi connectivity index (χ0n) is 17.4. The smallest absolute Gasteiger partial charge is 0.399 e. The average Bonchev–Trinajstić information content (AvgIpc) is 3.08. The maximum absolute atomic E-state index is 12.5. The number of nitrogens with zero attached hydrogens (tertiary/aromatic N) is 2. The second-order valence-corrected chi connectivity index (χ2v) is 9.00. The number of aromatic nitrogens is 2. The van der Waals surface area contributed by atoms with Gasteiger partial charge >= 0.3 is 7.12 Å². The first-order valence-electron chi connectivity index (χ1n) is 10.3. The van der Waals surface area contributed by atoms with Gasteiger partial charge in [0.1, 0.15) is 5.82 Å². The summed E-state index contributed by atoms with van der Waals surface area (Å²) >= 11 is 0. The molecule has 0 N–H and O–H groups in total. The van der Waals surface area contributed by atoms with Crippen molar-refractivity contribution < 1.29 is 14.1 Å². The van der Waals surface area contributed by atoms with Gasteiger partial charge in [-0.15, -0.1) is 0 Å². The van der Waals surface area contributed by atoms with Crippen molar-refractivity contribution in [1.82, 2.24) is 9.55 Å². The minimum absolute atomic E-state index is 0.205. The maximum Gasteiger partial charge on any atom is 0.494 e. The Morgan fingerprint density at radius 2 is 1.69 bits per heavy atom. The highest BCUT2D eigenvalue weighted by Crippen LogP contribution is 2.37. The monoisotopic (exact) mass is 388 g/mol. The van der Waals surface area contributed by atoms with E-state index in [9.17, 15) is 4.79 Å². The highest BCUT2D eigenvalue weighted by molar-refractivity contribution is 6.62. The van der Waals surface area contributed by atoms with E-state index < -0.39 is 0 Å². The number of para-hydroxylation sites is 1. The van der Waals surface area contributed by atoms with Crippen LogP contribution in [0.3, 0.4) is 0 Å². The Morgan fingerprint density at radius 3 is 2.38 bits per heavy atom. The summed E-state index contributed by atoms with van der Waals surface area (Å²) in [5.41, 5.74) is 3.93. The lowest BCUT2D eigenvalue weighted by atomic mass is 9.79. The highest BCUT2D eigenvalue weighted by atomic mass is 16.7. The SMILES string of the molecule is CC1(C)OB(c2ccc(-c3nc4cccc5c4n3CCCC5=O)cc2)OC1(C)C. The Labute approximate surface area is 171 Å². The van der Waals surface area contributed by atoms with Crippen LogP contribution in [0.1, 0.15) is 50.9 Å². The number of rotatable bonds is 2. The van der Waals surface area contributed by atoms with Gasteiger partial charge < -0.3 is 13.9 Å². The first-order valence-corrected chi connectivity index (χ1v) is 10.3. The molecule has 2 aromatic carbocycles. The van der Waals surface area contributed by atoms with Crippen molar-refractivity contribution >= 4 is 29.4 Å². The van der Waals surface area contributed by atoms with Crippen molar-refractivity contribution in [1.29, 1.82) is 0 Å². The van der Waals surface area contributed by atoms with Crippen molar-refractivity contribution in [2.75, 3.05) is 0 Å². The number of ketones is 1. The van der Waals surface area contributed by atoms with Crippen molar-refractivity contribution in [3.05, 3.63) is 48.0 Å². The third-order valence-corrected chi connectivity index (χ3v) is 6.55. The highest BCUT2D eigenvalue weighted by Gasteiger charge is 2.51. The molecule has 1 fully saturated rings. The topological polar surface area (TPSA) is 53.4 Å². The van der Waals surface area contributed by atoms with Crippen molar-refractivity contribution in [2.24, 2.45) is 0 Å². The van der Waals surface area contributed by atoms with E-state index in [0.717, 1.165) is 46.4 Å². The van der Waals surface area contributed by atoms with Crippen molar-refractivity contribution in [3.63, 3.8) is 0 Å². The van der Waals surface area contributed by atoms with Crippen LogP contribution in [0.2, 0.25) is 0 Å². The number of hydrogen-bond acceptors (Lipinski definition) is 4. The number of Topliss-reactive ketones (excluding diaryl/α,β-unsaturated/α-hetero) is 1. The van der Waals surface area contributed by atoms with Gasteiger partial charge in [-0.05, 0) is 51.7 Å². The van der Waals surface area contributed by atoms with E-state index in [1.54, 1.807) is 0 Å². The third kappa shape index (κ3) is 2.85. The molecule has 1 saturated heterocycles. The number of carbonyl (C=O) groups is 1. The van der Waals surface area contributed by atoms with E-state index >= 15 is 0 Å². The van der Waals surface area contributed by atoms with E-state index in [-0.39, 0.29) is 24.1 Å². The molecule has 0 amide bonds. The van der Waals surface area contributed by atoms with Crippen LogP contribution in [0.25, 0.3) is 22.4 Å². The Balaban J connectivity index is 1.53. The van der Waals surface area contributed by atoms with Crippen molar-refractivity contribution in [3.8, 4) is 11.4 Å². The third-order valence-electron chi connectivity index (χ3n) is 6.55. The van der Waals surface area contributed by atoms with Crippen LogP contribution in [0.5, 0.6) is 0 Å². The fraction of sp³-hybridized carbons (Fsp3) is 0.391. The molecule has 3 aromatic rings. The van der Waals surface area contributed by atoms with E-state index in [1.807, 2.05) is 30.3 Å². The summed E-state index contributed by atoms with van der Waals surface area (Å²) in [4.78, 5) is 17.3. The van der Waals surface area contributed by atoms with E-state index in [4.69, 9.17) is 14.3 Å². The number of benzene rings is 2. The minimum Gasteiger partial charge on any atom is -0.399 e. The molecule has 2 aliphatic heterocycles. The summed E-state index contributed by atoms with van der Waals surface area (Å²) in [5.74, 6) is 1.11. The Kier molecular flexibility index (Phi) is 4.02. The van der Waals surface area contributed by atoms with E-state index in [1.165, 1.54) is 0 Å². The molecule has 0 unspecified atom stereocenters. The zero-order chi connectivity index (χ0) is 20.4. The normalized spacial score (nSPS) is 20.3. The van der Waals surface area contributed by atoms with Crippen LogP contribution < -0.4 is 5.46 Å². The van der Waals surface area contributed by atoms with Gasteiger partial charge in [-0.25, -0.2) is 4.98 Å². The number of imidazole rings is 1. The van der Waals surface area contributed by atoms with Gasteiger partial charge in [-0.1, -0.05) is 30.3 Å². The Hall–Kier alpha value is -2.44. The van der Waals surface area contributed by atoms with Crippen LogP contribution in [0, 0.1) is 0 Å². The molecule has 148 valence electrons. The molecule has 0 aliphatic carbocycles. The second-order valence-electron chi connectivity index (χ2n) is 9.00. The fourth-order valence-electron chi connectivity index (χ4n) is 4.15. The van der Waals surface area contributed by atoms with Gasteiger partial charge in [0.15, 0.2) is 5.78 Å². The number of carbonyl (C=O) groups excluding carboxylic acids is 1.